The number of ether oxygens (including phenoxy) is 4. The molecule has 3 aromatic rings. The van der Waals surface area contributed by atoms with Crippen molar-refractivity contribution in [3.8, 4) is 23.0 Å². The summed E-state index contributed by atoms with van der Waals surface area (Å²) < 4.78 is 21.5. The fourth-order valence-corrected chi connectivity index (χ4v) is 3.47. The van der Waals surface area contributed by atoms with Gasteiger partial charge in [-0.15, -0.1) is 0 Å². The van der Waals surface area contributed by atoms with E-state index in [1.54, 1.807) is 46.6 Å². The van der Waals surface area contributed by atoms with Crippen molar-refractivity contribution in [2.75, 3.05) is 28.4 Å². The van der Waals surface area contributed by atoms with Crippen molar-refractivity contribution in [2.45, 2.75) is 12.3 Å². The standard InChI is InChI=1S/C25H26O5/c1-27-21-12-10-18(15-23(21)29-3)20(14-17-8-6-5-7-9-17)25(26)19-11-13-22(28-2)24(16-19)30-4/h5-13,15-16,20H,14H2,1-4H3/t20-/m0/s1. The second kappa shape index (κ2) is 9.83. The van der Waals surface area contributed by atoms with E-state index in [0.717, 1.165) is 11.1 Å². The van der Waals surface area contributed by atoms with Gasteiger partial charge < -0.3 is 18.9 Å². The summed E-state index contributed by atoms with van der Waals surface area (Å²) >= 11 is 0. The zero-order valence-corrected chi connectivity index (χ0v) is 17.7. The summed E-state index contributed by atoms with van der Waals surface area (Å²) in [6, 6.07) is 20.8. The number of benzene rings is 3. The van der Waals surface area contributed by atoms with Crippen LogP contribution in [-0.2, 0) is 6.42 Å². The highest BCUT2D eigenvalue weighted by Crippen LogP contribution is 2.35. The Morgan fingerprint density at radius 1 is 0.700 bits per heavy atom. The minimum Gasteiger partial charge on any atom is -0.493 e. The van der Waals surface area contributed by atoms with Crippen molar-refractivity contribution in [2.24, 2.45) is 0 Å². The molecule has 156 valence electrons. The third-order valence-corrected chi connectivity index (χ3v) is 5.08. The lowest BCUT2D eigenvalue weighted by molar-refractivity contribution is 0.0958. The number of carbonyl (C=O) groups is 1. The molecule has 0 saturated heterocycles. The Kier molecular flexibility index (Phi) is 6.96. The van der Waals surface area contributed by atoms with E-state index in [2.05, 4.69) is 0 Å². The summed E-state index contributed by atoms with van der Waals surface area (Å²) in [4.78, 5) is 13.6. The number of rotatable bonds is 9. The Balaban J connectivity index is 2.04. The Labute approximate surface area is 177 Å². The molecule has 3 aromatic carbocycles. The predicted molar refractivity (Wildman–Crippen MR) is 116 cm³/mol. The Morgan fingerprint density at radius 2 is 1.27 bits per heavy atom. The van der Waals surface area contributed by atoms with Gasteiger partial charge in [0.2, 0.25) is 0 Å². The van der Waals surface area contributed by atoms with Crippen molar-refractivity contribution in [3.05, 3.63) is 83.4 Å². The van der Waals surface area contributed by atoms with Gasteiger partial charge in [-0.3, -0.25) is 4.79 Å². The first-order valence-electron chi connectivity index (χ1n) is 9.63. The molecule has 0 aliphatic rings. The molecule has 0 N–H and O–H groups in total. The van der Waals surface area contributed by atoms with E-state index in [9.17, 15) is 4.79 Å². The van der Waals surface area contributed by atoms with Crippen molar-refractivity contribution in [1.29, 1.82) is 0 Å². The maximum Gasteiger partial charge on any atom is 0.170 e. The number of ketones is 1. The number of methoxy groups -OCH3 is 4. The van der Waals surface area contributed by atoms with Gasteiger partial charge >= 0.3 is 0 Å². The first-order chi connectivity index (χ1) is 14.6. The third-order valence-electron chi connectivity index (χ3n) is 5.08. The molecule has 0 bridgehead atoms. The average molecular weight is 406 g/mol. The summed E-state index contributed by atoms with van der Waals surface area (Å²) in [7, 11) is 6.31. The van der Waals surface area contributed by atoms with Crippen LogP contribution in [0.1, 0.15) is 27.4 Å². The molecule has 5 nitrogen and oxygen atoms in total. The lowest BCUT2D eigenvalue weighted by atomic mass is 9.85. The summed E-state index contributed by atoms with van der Waals surface area (Å²) in [6.45, 7) is 0. The van der Waals surface area contributed by atoms with Gasteiger partial charge in [0, 0.05) is 5.56 Å². The molecule has 0 aliphatic carbocycles. The molecule has 5 heteroatoms. The van der Waals surface area contributed by atoms with Crippen molar-refractivity contribution in [1.82, 2.24) is 0 Å². The minimum absolute atomic E-state index is 0.00738. The number of hydrogen-bond acceptors (Lipinski definition) is 5. The molecule has 1 atom stereocenters. The molecule has 0 unspecified atom stereocenters. The summed E-state index contributed by atoms with van der Waals surface area (Å²) in [5.41, 5.74) is 2.49. The first kappa shape index (κ1) is 21.2. The van der Waals surface area contributed by atoms with Crippen molar-refractivity contribution in [3.63, 3.8) is 0 Å². The second-order valence-corrected chi connectivity index (χ2v) is 6.79. The SMILES string of the molecule is COc1ccc(C(=O)[C@@H](Cc2ccccc2)c2ccc(OC)c(OC)c2)cc1OC. The van der Waals surface area contributed by atoms with Gasteiger partial charge in [0.05, 0.1) is 34.4 Å². The Hall–Kier alpha value is -3.47. The van der Waals surface area contributed by atoms with Crippen LogP contribution >= 0.6 is 0 Å². The summed E-state index contributed by atoms with van der Waals surface area (Å²) in [6.07, 6.45) is 0.559. The minimum atomic E-state index is -0.398. The zero-order chi connectivity index (χ0) is 21.5. The molecular formula is C25H26O5. The maximum atomic E-state index is 13.6. The lowest BCUT2D eigenvalue weighted by Gasteiger charge is -2.19. The van der Waals surface area contributed by atoms with Crippen molar-refractivity contribution < 1.29 is 23.7 Å². The second-order valence-electron chi connectivity index (χ2n) is 6.79. The van der Waals surface area contributed by atoms with E-state index in [1.165, 1.54) is 0 Å². The molecule has 0 fully saturated rings. The molecular weight excluding hydrogens is 380 g/mol. The number of Topliss-reactive ketones (excluding diaryl/α,β-unsaturated/α-hetero) is 1. The largest absolute Gasteiger partial charge is 0.493 e. The van der Waals surface area contributed by atoms with Crippen LogP contribution in [0, 0.1) is 0 Å². The molecule has 0 aromatic heterocycles. The highest BCUT2D eigenvalue weighted by Gasteiger charge is 2.25. The first-order valence-corrected chi connectivity index (χ1v) is 9.63. The molecule has 3 rings (SSSR count). The zero-order valence-electron chi connectivity index (χ0n) is 17.7. The van der Waals surface area contributed by atoms with Crippen LogP contribution in [0.4, 0.5) is 0 Å². The fourth-order valence-electron chi connectivity index (χ4n) is 3.47. The number of carbonyl (C=O) groups excluding carboxylic acids is 1. The van der Waals surface area contributed by atoms with E-state index in [0.29, 0.717) is 35.0 Å². The van der Waals surface area contributed by atoms with Crippen molar-refractivity contribution >= 4 is 5.78 Å². The van der Waals surface area contributed by atoms with Gasteiger partial charge in [0.15, 0.2) is 28.8 Å². The average Bonchev–Trinajstić information content (AvgIpc) is 2.81. The van der Waals surface area contributed by atoms with Crippen LogP contribution in [0.15, 0.2) is 66.7 Å². The van der Waals surface area contributed by atoms with Crippen LogP contribution in [0.3, 0.4) is 0 Å². The van der Waals surface area contributed by atoms with Gasteiger partial charge in [0.25, 0.3) is 0 Å². The predicted octanol–water partition coefficient (Wildman–Crippen LogP) is 4.93. The van der Waals surface area contributed by atoms with E-state index in [4.69, 9.17) is 18.9 Å². The Morgan fingerprint density at radius 3 is 1.87 bits per heavy atom. The molecule has 0 heterocycles. The monoisotopic (exact) mass is 406 g/mol. The van der Waals surface area contributed by atoms with Crippen LogP contribution in [0.25, 0.3) is 0 Å². The van der Waals surface area contributed by atoms with Gasteiger partial charge in [-0.1, -0.05) is 36.4 Å². The highest BCUT2D eigenvalue weighted by atomic mass is 16.5. The van der Waals surface area contributed by atoms with Crippen LogP contribution in [0.2, 0.25) is 0 Å². The fraction of sp³-hybridized carbons (Fsp3) is 0.240. The van der Waals surface area contributed by atoms with Crippen LogP contribution in [-0.4, -0.2) is 34.2 Å². The highest BCUT2D eigenvalue weighted by molar-refractivity contribution is 6.01. The van der Waals surface area contributed by atoms with Crippen LogP contribution in [0.5, 0.6) is 23.0 Å². The van der Waals surface area contributed by atoms with Gasteiger partial charge in [-0.2, -0.15) is 0 Å². The summed E-state index contributed by atoms with van der Waals surface area (Å²) in [5.74, 6) is 1.91. The van der Waals surface area contributed by atoms with Crippen LogP contribution < -0.4 is 18.9 Å². The normalized spacial score (nSPS) is 11.5. The Bertz CT molecular complexity index is 998. The number of hydrogen-bond donors (Lipinski definition) is 0. The molecule has 0 radical (unpaired) electrons. The van der Waals surface area contributed by atoms with Gasteiger partial charge in [0.1, 0.15) is 0 Å². The molecule has 0 aliphatic heterocycles. The summed E-state index contributed by atoms with van der Waals surface area (Å²) in [5, 5.41) is 0. The van der Waals surface area contributed by atoms with Gasteiger partial charge in [-0.25, -0.2) is 0 Å². The topological polar surface area (TPSA) is 54.0 Å². The lowest BCUT2D eigenvalue weighted by Crippen LogP contribution is -2.16. The molecule has 0 amide bonds. The van der Waals surface area contributed by atoms with E-state index < -0.39 is 5.92 Å². The molecule has 30 heavy (non-hydrogen) atoms. The van der Waals surface area contributed by atoms with E-state index in [1.807, 2.05) is 48.5 Å². The van der Waals surface area contributed by atoms with Gasteiger partial charge in [-0.05, 0) is 47.9 Å². The molecule has 0 saturated carbocycles. The third kappa shape index (κ3) is 4.57. The maximum absolute atomic E-state index is 13.6. The molecule has 0 spiro atoms. The van der Waals surface area contributed by atoms with E-state index >= 15 is 0 Å². The van der Waals surface area contributed by atoms with E-state index in [-0.39, 0.29) is 5.78 Å². The smallest absolute Gasteiger partial charge is 0.170 e. The quantitative estimate of drug-likeness (QED) is 0.472.